The molecule has 106 valence electrons. The second-order valence-electron chi connectivity index (χ2n) is 5.91. The van der Waals surface area contributed by atoms with Crippen LogP contribution >= 0.6 is 0 Å². The van der Waals surface area contributed by atoms with Crippen molar-refractivity contribution < 1.29 is 9.59 Å². The highest BCUT2D eigenvalue weighted by Gasteiger charge is 2.53. The maximum atomic E-state index is 12.5. The van der Waals surface area contributed by atoms with Crippen LogP contribution in [0.5, 0.6) is 0 Å². The van der Waals surface area contributed by atoms with Crippen LogP contribution in [0.25, 0.3) is 0 Å². The fourth-order valence-electron chi connectivity index (χ4n) is 3.35. The van der Waals surface area contributed by atoms with E-state index < -0.39 is 0 Å². The number of hydrogen-bond acceptors (Lipinski definition) is 3. The van der Waals surface area contributed by atoms with Crippen molar-refractivity contribution in [3.63, 3.8) is 0 Å². The molecule has 1 aromatic heterocycles. The Balaban J connectivity index is 1.83. The van der Waals surface area contributed by atoms with Crippen molar-refractivity contribution in [2.45, 2.75) is 20.3 Å². The molecule has 0 bridgehead atoms. The van der Waals surface area contributed by atoms with E-state index in [9.17, 15) is 9.59 Å². The quantitative estimate of drug-likeness (QED) is 0.830. The number of pyridine rings is 1. The van der Waals surface area contributed by atoms with Crippen LogP contribution in [0.2, 0.25) is 0 Å². The lowest BCUT2D eigenvalue weighted by Crippen LogP contribution is -2.38. The van der Waals surface area contributed by atoms with Gasteiger partial charge in [-0.3, -0.25) is 9.59 Å². The van der Waals surface area contributed by atoms with Crippen LogP contribution in [-0.4, -0.2) is 41.3 Å². The highest BCUT2D eigenvalue weighted by molar-refractivity contribution is 5.94. The van der Waals surface area contributed by atoms with Crippen LogP contribution in [0.3, 0.4) is 0 Å². The van der Waals surface area contributed by atoms with E-state index in [2.05, 4.69) is 17.2 Å². The summed E-state index contributed by atoms with van der Waals surface area (Å²) in [5.74, 6) is 0.216. The summed E-state index contributed by atoms with van der Waals surface area (Å²) >= 11 is 0. The highest BCUT2D eigenvalue weighted by Crippen LogP contribution is 2.41. The minimum absolute atomic E-state index is 0.0721. The number of likely N-dealkylation sites (tertiary alicyclic amines) is 1. The second kappa shape index (κ2) is 4.58. The Hall–Kier alpha value is -1.91. The lowest BCUT2D eigenvalue weighted by atomic mass is 9.78. The van der Waals surface area contributed by atoms with Crippen LogP contribution in [-0.2, 0) is 4.79 Å². The van der Waals surface area contributed by atoms with Gasteiger partial charge in [-0.1, -0.05) is 13.0 Å². The number of nitrogens with zero attached hydrogens (tertiary/aromatic N) is 2. The van der Waals surface area contributed by atoms with Gasteiger partial charge in [-0.05, 0) is 31.4 Å². The van der Waals surface area contributed by atoms with Gasteiger partial charge in [0.15, 0.2) is 0 Å². The first-order valence-corrected chi connectivity index (χ1v) is 7.04. The van der Waals surface area contributed by atoms with E-state index in [-0.39, 0.29) is 23.1 Å². The van der Waals surface area contributed by atoms with E-state index in [0.717, 1.165) is 12.1 Å². The van der Waals surface area contributed by atoms with Gasteiger partial charge in [0.2, 0.25) is 5.91 Å². The molecule has 0 aliphatic carbocycles. The van der Waals surface area contributed by atoms with Gasteiger partial charge in [0.1, 0.15) is 5.69 Å². The van der Waals surface area contributed by atoms with Crippen molar-refractivity contribution in [2.75, 3.05) is 19.6 Å². The molecule has 2 aliphatic heterocycles. The van der Waals surface area contributed by atoms with Crippen LogP contribution in [0.1, 0.15) is 29.5 Å². The number of rotatable bonds is 1. The molecule has 2 atom stereocenters. The fraction of sp³-hybridized carbons (Fsp3) is 0.533. The molecule has 0 radical (unpaired) electrons. The van der Waals surface area contributed by atoms with Gasteiger partial charge in [-0.15, -0.1) is 0 Å². The first-order chi connectivity index (χ1) is 9.53. The number of aromatic nitrogens is 1. The van der Waals surface area contributed by atoms with Crippen LogP contribution in [0.15, 0.2) is 18.2 Å². The molecule has 20 heavy (non-hydrogen) atoms. The molecule has 1 aromatic rings. The Kier molecular flexibility index (Phi) is 3.00. The zero-order valence-electron chi connectivity index (χ0n) is 11.8. The summed E-state index contributed by atoms with van der Waals surface area (Å²) in [4.78, 5) is 30.7. The molecule has 3 rings (SSSR count). The molecule has 0 unspecified atom stereocenters. The lowest BCUT2D eigenvalue weighted by molar-refractivity contribution is -0.128. The zero-order valence-corrected chi connectivity index (χ0v) is 11.8. The van der Waals surface area contributed by atoms with Crippen molar-refractivity contribution in [3.8, 4) is 0 Å². The Labute approximate surface area is 118 Å². The van der Waals surface area contributed by atoms with Gasteiger partial charge in [0.25, 0.3) is 5.91 Å². The standard InChI is InChI=1S/C15H19N3O2/c1-10-8-18(9-15(10)6-7-16-14(15)20)13(19)12-5-3-4-11(2)17-12/h3-5,10H,6-9H2,1-2H3,(H,16,20)/t10-,15-/m1/s1. The van der Waals surface area contributed by atoms with Gasteiger partial charge in [-0.25, -0.2) is 4.98 Å². The van der Waals surface area contributed by atoms with Gasteiger partial charge < -0.3 is 10.2 Å². The molecule has 2 aliphatic rings. The summed E-state index contributed by atoms with van der Waals surface area (Å²) in [7, 11) is 0. The Morgan fingerprint density at radius 3 is 2.95 bits per heavy atom. The smallest absolute Gasteiger partial charge is 0.272 e. The van der Waals surface area contributed by atoms with E-state index in [1.54, 1.807) is 11.0 Å². The third-order valence-electron chi connectivity index (χ3n) is 4.61. The molecule has 1 N–H and O–H groups in total. The normalized spacial score (nSPS) is 29.0. The van der Waals surface area contributed by atoms with Crippen molar-refractivity contribution >= 4 is 11.8 Å². The summed E-state index contributed by atoms with van der Waals surface area (Å²) in [5.41, 5.74) is 0.906. The average Bonchev–Trinajstić information content (AvgIpc) is 2.95. The summed E-state index contributed by atoms with van der Waals surface area (Å²) in [6, 6.07) is 5.45. The summed E-state index contributed by atoms with van der Waals surface area (Å²) in [6.07, 6.45) is 0.817. The Bertz CT molecular complexity index is 572. The van der Waals surface area contributed by atoms with E-state index >= 15 is 0 Å². The predicted molar refractivity (Wildman–Crippen MR) is 74.1 cm³/mol. The van der Waals surface area contributed by atoms with Gasteiger partial charge in [0.05, 0.1) is 5.41 Å². The third-order valence-corrected chi connectivity index (χ3v) is 4.61. The van der Waals surface area contributed by atoms with E-state index in [1.807, 2.05) is 19.1 Å². The molecular formula is C15H19N3O2. The minimum atomic E-state index is -0.389. The molecule has 0 saturated carbocycles. The molecule has 2 amide bonds. The summed E-state index contributed by atoms with van der Waals surface area (Å²) in [5, 5.41) is 2.90. The van der Waals surface area contributed by atoms with Crippen LogP contribution < -0.4 is 5.32 Å². The fourth-order valence-corrected chi connectivity index (χ4v) is 3.35. The van der Waals surface area contributed by atoms with Crippen LogP contribution in [0.4, 0.5) is 0 Å². The predicted octanol–water partition coefficient (Wildman–Crippen LogP) is 0.988. The zero-order chi connectivity index (χ0) is 14.3. The first-order valence-electron chi connectivity index (χ1n) is 7.04. The van der Waals surface area contributed by atoms with E-state index in [0.29, 0.717) is 25.3 Å². The van der Waals surface area contributed by atoms with Crippen molar-refractivity contribution in [1.82, 2.24) is 15.2 Å². The maximum Gasteiger partial charge on any atom is 0.272 e. The van der Waals surface area contributed by atoms with Crippen LogP contribution in [0, 0.1) is 18.3 Å². The molecule has 0 aromatic carbocycles. The van der Waals surface area contributed by atoms with Crippen molar-refractivity contribution in [3.05, 3.63) is 29.6 Å². The largest absolute Gasteiger partial charge is 0.356 e. The number of hydrogen-bond donors (Lipinski definition) is 1. The second-order valence-corrected chi connectivity index (χ2v) is 5.91. The minimum Gasteiger partial charge on any atom is -0.356 e. The molecule has 3 heterocycles. The first kappa shape index (κ1) is 13.1. The van der Waals surface area contributed by atoms with Gasteiger partial charge in [-0.2, -0.15) is 0 Å². The molecule has 1 spiro atoms. The molecular weight excluding hydrogens is 254 g/mol. The third kappa shape index (κ3) is 1.88. The molecule has 5 heteroatoms. The van der Waals surface area contributed by atoms with Crippen molar-refractivity contribution in [2.24, 2.45) is 11.3 Å². The Morgan fingerprint density at radius 2 is 2.30 bits per heavy atom. The molecule has 2 fully saturated rings. The number of carbonyl (C=O) groups is 2. The average molecular weight is 273 g/mol. The van der Waals surface area contributed by atoms with Gasteiger partial charge in [0, 0.05) is 25.3 Å². The van der Waals surface area contributed by atoms with Gasteiger partial charge >= 0.3 is 0 Å². The maximum absolute atomic E-state index is 12.5. The van der Waals surface area contributed by atoms with Crippen molar-refractivity contribution in [1.29, 1.82) is 0 Å². The molecule has 2 saturated heterocycles. The monoisotopic (exact) mass is 273 g/mol. The lowest BCUT2D eigenvalue weighted by Gasteiger charge is -2.23. The molecule has 5 nitrogen and oxygen atoms in total. The number of carbonyl (C=O) groups excluding carboxylic acids is 2. The summed E-state index contributed by atoms with van der Waals surface area (Å²) in [6.45, 7) is 5.78. The summed E-state index contributed by atoms with van der Waals surface area (Å²) < 4.78 is 0. The number of aryl methyl sites for hydroxylation is 1. The highest BCUT2D eigenvalue weighted by atomic mass is 16.2. The number of nitrogens with one attached hydrogen (secondary N) is 1. The SMILES string of the molecule is Cc1cccc(C(=O)N2C[C@@H](C)[C@@]3(CCNC3=O)C2)n1. The number of amides is 2. The van der Waals surface area contributed by atoms with E-state index in [4.69, 9.17) is 0 Å². The Morgan fingerprint density at radius 1 is 1.50 bits per heavy atom. The van der Waals surface area contributed by atoms with E-state index in [1.165, 1.54) is 0 Å². The topological polar surface area (TPSA) is 62.3 Å².